The van der Waals surface area contributed by atoms with Crippen molar-refractivity contribution in [3.05, 3.63) is 58.9 Å². The van der Waals surface area contributed by atoms with Gasteiger partial charge in [0.05, 0.1) is 0 Å². The summed E-state index contributed by atoms with van der Waals surface area (Å²) < 4.78 is 13.7. The minimum atomic E-state index is -0.194. The zero-order chi connectivity index (χ0) is 14.0. The van der Waals surface area contributed by atoms with Crippen molar-refractivity contribution in [3.63, 3.8) is 0 Å². The quantitative estimate of drug-likeness (QED) is 0.885. The first-order chi connectivity index (χ1) is 8.97. The van der Waals surface area contributed by atoms with Gasteiger partial charge in [-0.15, -0.1) is 0 Å². The molecule has 2 rings (SSSR count). The molecule has 19 heavy (non-hydrogen) atoms. The largest absolute Gasteiger partial charge is 0.324 e. The summed E-state index contributed by atoms with van der Waals surface area (Å²) in [4.78, 5) is 2.17. The Morgan fingerprint density at radius 2 is 1.89 bits per heavy atom. The molecule has 1 nitrogen and oxygen atoms in total. The molecular weight excluding hydrogens is 257 g/mol. The van der Waals surface area contributed by atoms with Crippen LogP contribution in [0.4, 0.5) is 4.39 Å². The van der Waals surface area contributed by atoms with Crippen molar-refractivity contribution in [2.45, 2.75) is 36.6 Å². The average molecular weight is 275 g/mol. The molecule has 2 aromatic rings. The van der Waals surface area contributed by atoms with E-state index in [2.05, 4.69) is 25.1 Å². The molecule has 0 heterocycles. The molecule has 0 aliphatic rings. The van der Waals surface area contributed by atoms with Gasteiger partial charge in [0.2, 0.25) is 0 Å². The molecule has 0 amide bonds. The Hall–Kier alpha value is -1.32. The molecule has 0 aliphatic carbocycles. The van der Waals surface area contributed by atoms with Crippen LogP contribution < -0.4 is 5.73 Å². The lowest BCUT2D eigenvalue weighted by atomic mass is 10.1. The maximum Gasteiger partial charge on any atom is 0.126 e. The number of hydrogen-bond donors (Lipinski definition) is 1. The summed E-state index contributed by atoms with van der Waals surface area (Å²) in [6.07, 6.45) is 0. The lowest BCUT2D eigenvalue weighted by Crippen LogP contribution is -2.07. The zero-order valence-electron chi connectivity index (χ0n) is 11.4. The van der Waals surface area contributed by atoms with Crippen molar-refractivity contribution < 1.29 is 4.39 Å². The van der Waals surface area contributed by atoms with Crippen molar-refractivity contribution in [2.24, 2.45) is 5.73 Å². The summed E-state index contributed by atoms with van der Waals surface area (Å²) in [5.41, 5.74) is 8.66. The van der Waals surface area contributed by atoms with Gasteiger partial charge in [0.25, 0.3) is 0 Å². The third kappa shape index (κ3) is 3.37. The van der Waals surface area contributed by atoms with Crippen LogP contribution >= 0.6 is 11.8 Å². The van der Waals surface area contributed by atoms with Gasteiger partial charge in [-0.1, -0.05) is 29.5 Å². The minimum absolute atomic E-state index is 0.178. The van der Waals surface area contributed by atoms with Crippen LogP contribution in [-0.2, 0) is 0 Å². The van der Waals surface area contributed by atoms with Crippen LogP contribution in [0.1, 0.15) is 29.7 Å². The molecule has 0 aromatic heterocycles. The van der Waals surface area contributed by atoms with E-state index in [-0.39, 0.29) is 11.9 Å². The first-order valence-electron chi connectivity index (χ1n) is 6.27. The first kappa shape index (κ1) is 14.1. The summed E-state index contributed by atoms with van der Waals surface area (Å²) in [5.74, 6) is -0.194. The standard InChI is InChI=1S/C16H18FNS/c1-10-5-4-6-13(7-10)19-16-8-11(2)15(17)9-14(16)12(3)18/h4-9,12H,18H2,1-3H3/t12-/m0/s1. The average Bonchev–Trinajstić information content (AvgIpc) is 2.33. The number of aryl methyl sites for hydroxylation is 2. The highest BCUT2D eigenvalue weighted by Gasteiger charge is 2.12. The van der Waals surface area contributed by atoms with E-state index in [1.807, 2.05) is 19.1 Å². The molecule has 0 spiro atoms. The predicted octanol–water partition coefficient (Wildman–Crippen LogP) is 4.61. The molecule has 3 heteroatoms. The van der Waals surface area contributed by atoms with Crippen molar-refractivity contribution in [3.8, 4) is 0 Å². The van der Waals surface area contributed by atoms with Crippen LogP contribution in [0, 0.1) is 19.7 Å². The molecule has 2 aromatic carbocycles. The zero-order valence-corrected chi connectivity index (χ0v) is 12.2. The second-order valence-corrected chi connectivity index (χ2v) is 5.96. The maximum absolute atomic E-state index is 13.7. The lowest BCUT2D eigenvalue weighted by Gasteiger charge is -2.14. The highest BCUT2D eigenvalue weighted by Crippen LogP contribution is 2.34. The van der Waals surface area contributed by atoms with E-state index in [1.54, 1.807) is 24.8 Å². The van der Waals surface area contributed by atoms with Gasteiger partial charge in [-0.3, -0.25) is 0 Å². The normalized spacial score (nSPS) is 12.5. The number of hydrogen-bond acceptors (Lipinski definition) is 2. The third-order valence-electron chi connectivity index (χ3n) is 3.00. The Morgan fingerprint density at radius 1 is 1.16 bits per heavy atom. The van der Waals surface area contributed by atoms with E-state index in [0.717, 1.165) is 15.4 Å². The Morgan fingerprint density at radius 3 is 2.53 bits per heavy atom. The van der Waals surface area contributed by atoms with Gasteiger partial charge in [-0.2, -0.15) is 0 Å². The number of nitrogens with two attached hydrogens (primary N) is 1. The summed E-state index contributed by atoms with van der Waals surface area (Å²) in [7, 11) is 0. The van der Waals surface area contributed by atoms with Gasteiger partial charge in [0.15, 0.2) is 0 Å². The molecular formula is C16H18FNS. The number of benzene rings is 2. The molecule has 0 unspecified atom stereocenters. The summed E-state index contributed by atoms with van der Waals surface area (Å²) in [6, 6.07) is 11.5. The third-order valence-corrected chi connectivity index (χ3v) is 4.06. The van der Waals surface area contributed by atoms with Crippen LogP contribution in [0.25, 0.3) is 0 Å². The van der Waals surface area contributed by atoms with Crippen LogP contribution in [0.2, 0.25) is 0 Å². The van der Waals surface area contributed by atoms with E-state index < -0.39 is 0 Å². The van der Waals surface area contributed by atoms with Gasteiger partial charge < -0.3 is 5.73 Å². The second-order valence-electron chi connectivity index (χ2n) is 4.85. The van der Waals surface area contributed by atoms with E-state index in [9.17, 15) is 4.39 Å². The fourth-order valence-electron chi connectivity index (χ4n) is 1.92. The van der Waals surface area contributed by atoms with E-state index >= 15 is 0 Å². The maximum atomic E-state index is 13.7. The summed E-state index contributed by atoms with van der Waals surface area (Å²) >= 11 is 1.63. The summed E-state index contributed by atoms with van der Waals surface area (Å²) in [6.45, 7) is 5.72. The van der Waals surface area contributed by atoms with E-state index in [4.69, 9.17) is 5.73 Å². The monoisotopic (exact) mass is 275 g/mol. The molecule has 0 fully saturated rings. The van der Waals surface area contributed by atoms with Crippen LogP contribution in [0.5, 0.6) is 0 Å². The first-order valence-corrected chi connectivity index (χ1v) is 7.09. The Balaban J connectivity index is 2.41. The fraction of sp³-hybridized carbons (Fsp3) is 0.250. The molecule has 100 valence electrons. The van der Waals surface area contributed by atoms with Crippen LogP contribution in [0.3, 0.4) is 0 Å². The predicted molar refractivity (Wildman–Crippen MR) is 79.0 cm³/mol. The van der Waals surface area contributed by atoms with E-state index in [1.165, 1.54) is 5.56 Å². The fourth-order valence-corrected chi connectivity index (χ4v) is 3.16. The molecule has 0 saturated carbocycles. The Bertz CT molecular complexity index is 593. The smallest absolute Gasteiger partial charge is 0.126 e. The molecule has 0 radical (unpaired) electrons. The van der Waals surface area contributed by atoms with Crippen molar-refractivity contribution in [2.75, 3.05) is 0 Å². The van der Waals surface area contributed by atoms with Gasteiger partial charge in [0, 0.05) is 15.8 Å². The van der Waals surface area contributed by atoms with Crippen molar-refractivity contribution in [1.82, 2.24) is 0 Å². The second kappa shape index (κ2) is 5.76. The van der Waals surface area contributed by atoms with Gasteiger partial charge in [-0.05, 0) is 56.2 Å². The number of rotatable bonds is 3. The Labute approximate surface area is 118 Å². The number of halogens is 1. The SMILES string of the molecule is Cc1cccc(Sc2cc(C)c(F)cc2[C@H](C)N)c1. The molecule has 0 aliphatic heterocycles. The molecule has 1 atom stereocenters. The highest BCUT2D eigenvalue weighted by molar-refractivity contribution is 7.99. The van der Waals surface area contributed by atoms with Crippen LogP contribution in [-0.4, -0.2) is 0 Å². The van der Waals surface area contributed by atoms with Crippen molar-refractivity contribution >= 4 is 11.8 Å². The highest BCUT2D eigenvalue weighted by atomic mass is 32.2. The summed E-state index contributed by atoms with van der Waals surface area (Å²) in [5, 5.41) is 0. The minimum Gasteiger partial charge on any atom is -0.324 e. The van der Waals surface area contributed by atoms with Gasteiger partial charge >= 0.3 is 0 Å². The van der Waals surface area contributed by atoms with Gasteiger partial charge in [-0.25, -0.2) is 4.39 Å². The molecule has 0 saturated heterocycles. The molecule has 0 bridgehead atoms. The molecule has 2 N–H and O–H groups in total. The Kier molecular flexibility index (Phi) is 4.27. The topological polar surface area (TPSA) is 26.0 Å². The lowest BCUT2D eigenvalue weighted by molar-refractivity contribution is 0.610. The van der Waals surface area contributed by atoms with Crippen molar-refractivity contribution in [1.29, 1.82) is 0 Å². The van der Waals surface area contributed by atoms with E-state index in [0.29, 0.717) is 5.56 Å². The van der Waals surface area contributed by atoms with Gasteiger partial charge in [0.1, 0.15) is 5.82 Å². The van der Waals surface area contributed by atoms with Crippen LogP contribution in [0.15, 0.2) is 46.2 Å².